The van der Waals surface area contributed by atoms with Gasteiger partial charge in [-0.05, 0) is 43.2 Å². The van der Waals surface area contributed by atoms with Crippen molar-refractivity contribution in [3.8, 4) is 0 Å². The average molecular weight is 309 g/mol. The number of aryl methyl sites for hydroxylation is 2. The van der Waals surface area contributed by atoms with Crippen LogP contribution >= 0.6 is 23.2 Å². The summed E-state index contributed by atoms with van der Waals surface area (Å²) in [7, 11) is 0. The van der Waals surface area contributed by atoms with Crippen LogP contribution in [0.2, 0.25) is 10.0 Å². The molecule has 0 fully saturated rings. The van der Waals surface area contributed by atoms with Gasteiger partial charge in [-0.2, -0.15) is 0 Å². The van der Waals surface area contributed by atoms with E-state index in [-0.39, 0.29) is 11.5 Å². The Bertz CT molecular complexity index is 664. The van der Waals surface area contributed by atoms with Crippen molar-refractivity contribution in [3.05, 3.63) is 57.1 Å². The van der Waals surface area contributed by atoms with Crippen LogP contribution in [0.5, 0.6) is 0 Å². The molecule has 0 radical (unpaired) electrons. The summed E-state index contributed by atoms with van der Waals surface area (Å²) < 4.78 is 0. The van der Waals surface area contributed by atoms with Crippen LogP contribution in [0.1, 0.15) is 21.5 Å². The zero-order valence-electron chi connectivity index (χ0n) is 11.1. The number of anilines is 2. The maximum atomic E-state index is 12.3. The van der Waals surface area contributed by atoms with Gasteiger partial charge in [-0.3, -0.25) is 4.79 Å². The first-order valence-corrected chi connectivity index (χ1v) is 6.78. The van der Waals surface area contributed by atoms with Crippen LogP contribution in [0.15, 0.2) is 30.3 Å². The molecule has 0 atom stereocenters. The van der Waals surface area contributed by atoms with Crippen molar-refractivity contribution in [3.63, 3.8) is 0 Å². The molecule has 0 aliphatic heterocycles. The molecule has 2 rings (SSSR count). The highest BCUT2D eigenvalue weighted by Crippen LogP contribution is 2.27. The van der Waals surface area contributed by atoms with Crippen molar-refractivity contribution >= 4 is 40.5 Å². The van der Waals surface area contributed by atoms with Gasteiger partial charge < -0.3 is 11.1 Å². The van der Waals surface area contributed by atoms with Gasteiger partial charge in [-0.25, -0.2) is 0 Å². The molecule has 20 heavy (non-hydrogen) atoms. The fourth-order valence-corrected chi connectivity index (χ4v) is 2.47. The molecule has 0 aliphatic rings. The molecule has 104 valence electrons. The van der Waals surface area contributed by atoms with Crippen LogP contribution in [0.3, 0.4) is 0 Å². The molecule has 0 aliphatic carbocycles. The number of rotatable bonds is 2. The molecule has 2 aromatic rings. The van der Waals surface area contributed by atoms with Crippen molar-refractivity contribution in [2.24, 2.45) is 0 Å². The summed E-state index contributed by atoms with van der Waals surface area (Å²) in [6.07, 6.45) is 0. The third-order valence-corrected chi connectivity index (χ3v) is 3.68. The maximum absolute atomic E-state index is 12.3. The van der Waals surface area contributed by atoms with Gasteiger partial charge in [0.2, 0.25) is 0 Å². The molecule has 0 saturated heterocycles. The molecule has 0 saturated carbocycles. The Morgan fingerprint density at radius 2 is 1.70 bits per heavy atom. The van der Waals surface area contributed by atoms with Gasteiger partial charge >= 0.3 is 0 Å². The lowest BCUT2D eigenvalue weighted by Crippen LogP contribution is -2.14. The molecular weight excluding hydrogens is 295 g/mol. The number of nitrogen functional groups attached to an aromatic ring is 1. The number of hydrogen-bond donors (Lipinski definition) is 2. The summed E-state index contributed by atoms with van der Waals surface area (Å²) in [6, 6.07) is 8.58. The number of nitrogens with one attached hydrogen (secondary N) is 1. The zero-order chi connectivity index (χ0) is 14.9. The van der Waals surface area contributed by atoms with Gasteiger partial charge in [-0.15, -0.1) is 0 Å². The second kappa shape index (κ2) is 5.73. The quantitative estimate of drug-likeness (QED) is 0.806. The van der Waals surface area contributed by atoms with Crippen molar-refractivity contribution in [1.82, 2.24) is 0 Å². The first-order chi connectivity index (χ1) is 9.40. The molecule has 0 bridgehead atoms. The molecular formula is C15H14Cl2N2O. The Morgan fingerprint density at radius 1 is 1.10 bits per heavy atom. The second-order valence-corrected chi connectivity index (χ2v) is 5.39. The summed E-state index contributed by atoms with van der Waals surface area (Å²) in [5.74, 6) is -0.355. The fraction of sp³-hybridized carbons (Fsp3) is 0.133. The molecule has 0 heterocycles. The first kappa shape index (κ1) is 14.7. The number of carbonyl (C=O) groups excluding carboxylic acids is 1. The third-order valence-electron chi connectivity index (χ3n) is 3.05. The summed E-state index contributed by atoms with van der Waals surface area (Å²) in [6.45, 7) is 3.81. The highest BCUT2D eigenvalue weighted by Gasteiger charge is 2.15. The molecule has 3 N–H and O–H groups in total. The molecule has 0 spiro atoms. The first-order valence-electron chi connectivity index (χ1n) is 6.02. The monoisotopic (exact) mass is 308 g/mol. The standard InChI is InChI=1S/C15H14Cl2N2O/c1-8-6-9(2)13(7-12(8)18)19-15(20)14-10(16)4-3-5-11(14)17/h3-7H,18H2,1-2H3,(H,19,20). The lowest BCUT2D eigenvalue weighted by atomic mass is 10.1. The van der Waals surface area contributed by atoms with E-state index in [4.69, 9.17) is 28.9 Å². The zero-order valence-corrected chi connectivity index (χ0v) is 12.6. The van der Waals surface area contributed by atoms with E-state index in [2.05, 4.69) is 5.32 Å². The van der Waals surface area contributed by atoms with E-state index >= 15 is 0 Å². The topological polar surface area (TPSA) is 55.1 Å². The van der Waals surface area contributed by atoms with Gasteiger partial charge in [0.1, 0.15) is 0 Å². The molecule has 0 unspecified atom stereocenters. The van der Waals surface area contributed by atoms with Crippen LogP contribution in [0.25, 0.3) is 0 Å². The van der Waals surface area contributed by atoms with E-state index in [1.54, 1.807) is 24.3 Å². The molecule has 5 heteroatoms. The van der Waals surface area contributed by atoms with E-state index in [0.717, 1.165) is 11.1 Å². The number of carbonyl (C=O) groups is 1. The van der Waals surface area contributed by atoms with Crippen molar-refractivity contribution in [2.45, 2.75) is 13.8 Å². The Hall–Kier alpha value is -1.71. The van der Waals surface area contributed by atoms with E-state index in [1.807, 2.05) is 19.9 Å². The molecule has 1 amide bonds. The van der Waals surface area contributed by atoms with Gasteiger partial charge in [0.25, 0.3) is 5.91 Å². The van der Waals surface area contributed by atoms with Crippen LogP contribution < -0.4 is 11.1 Å². The summed E-state index contributed by atoms with van der Waals surface area (Å²) in [5.41, 5.74) is 9.28. The van der Waals surface area contributed by atoms with Crippen LogP contribution in [0, 0.1) is 13.8 Å². The number of benzene rings is 2. The van der Waals surface area contributed by atoms with Crippen molar-refractivity contribution < 1.29 is 4.79 Å². The van der Waals surface area contributed by atoms with Gasteiger partial charge in [0, 0.05) is 11.4 Å². The minimum absolute atomic E-state index is 0.259. The second-order valence-electron chi connectivity index (χ2n) is 4.57. The van der Waals surface area contributed by atoms with Crippen LogP contribution in [0.4, 0.5) is 11.4 Å². The van der Waals surface area contributed by atoms with Gasteiger partial charge in [0.05, 0.1) is 15.6 Å². The normalized spacial score (nSPS) is 10.4. The van der Waals surface area contributed by atoms with Crippen molar-refractivity contribution in [2.75, 3.05) is 11.1 Å². The average Bonchev–Trinajstić information content (AvgIpc) is 2.35. The molecule has 2 aromatic carbocycles. The van der Waals surface area contributed by atoms with E-state index in [9.17, 15) is 4.79 Å². The predicted molar refractivity (Wildman–Crippen MR) is 84.7 cm³/mol. The molecule has 3 nitrogen and oxygen atoms in total. The van der Waals surface area contributed by atoms with Crippen LogP contribution in [-0.4, -0.2) is 5.91 Å². The Kier molecular flexibility index (Phi) is 4.21. The number of nitrogens with two attached hydrogens (primary N) is 1. The van der Waals surface area contributed by atoms with E-state index < -0.39 is 0 Å². The minimum atomic E-state index is -0.355. The highest BCUT2D eigenvalue weighted by molar-refractivity contribution is 6.40. The van der Waals surface area contributed by atoms with Crippen molar-refractivity contribution in [1.29, 1.82) is 0 Å². The number of amides is 1. The highest BCUT2D eigenvalue weighted by atomic mass is 35.5. The largest absolute Gasteiger partial charge is 0.398 e. The van der Waals surface area contributed by atoms with Gasteiger partial charge in [0.15, 0.2) is 0 Å². The smallest absolute Gasteiger partial charge is 0.258 e. The van der Waals surface area contributed by atoms with Gasteiger partial charge in [-0.1, -0.05) is 35.3 Å². The lowest BCUT2D eigenvalue weighted by Gasteiger charge is -2.12. The Morgan fingerprint density at radius 3 is 2.30 bits per heavy atom. The SMILES string of the molecule is Cc1cc(C)c(NC(=O)c2c(Cl)cccc2Cl)cc1N. The number of halogens is 2. The summed E-state index contributed by atoms with van der Waals surface area (Å²) >= 11 is 12.0. The Balaban J connectivity index is 2.35. The lowest BCUT2D eigenvalue weighted by molar-refractivity contribution is 0.102. The predicted octanol–water partition coefficient (Wildman–Crippen LogP) is 4.44. The van der Waals surface area contributed by atoms with E-state index in [0.29, 0.717) is 21.4 Å². The maximum Gasteiger partial charge on any atom is 0.258 e. The molecule has 0 aromatic heterocycles. The number of hydrogen-bond acceptors (Lipinski definition) is 2. The Labute approximate surface area is 127 Å². The third kappa shape index (κ3) is 2.89. The minimum Gasteiger partial charge on any atom is -0.398 e. The fourth-order valence-electron chi connectivity index (χ4n) is 1.90. The van der Waals surface area contributed by atoms with Crippen LogP contribution in [-0.2, 0) is 0 Å². The van der Waals surface area contributed by atoms with E-state index in [1.165, 1.54) is 0 Å². The summed E-state index contributed by atoms with van der Waals surface area (Å²) in [5, 5.41) is 3.41. The summed E-state index contributed by atoms with van der Waals surface area (Å²) in [4.78, 5) is 12.3.